The lowest BCUT2D eigenvalue weighted by atomic mass is 10.1. The van der Waals surface area contributed by atoms with Crippen molar-refractivity contribution >= 4 is 15.7 Å². The summed E-state index contributed by atoms with van der Waals surface area (Å²) in [5, 5.41) is 6.62. The van der Waals surface area contributed by atoms with Gasteiger partial charge in [-0.1, -0.05) is 5.16 Å². The highest BCUT2D eigenvalue weighted by atomic mass is 32.2. The van der Waals surface area contributed by atoms with Crippen LogP contribution in [0, 0.1) is 13.8 Å². The van der Waals surface area contributed by atoms with E-state index in [1.807, 2.05) is 0 Å². The second kappa shape index (κ2) is 5.82. The number of hydrogen-bond donors (Lipinski definition) is 2. The number of pyridine rings is 1. The van der Waals surface area contributed by atoms with Gasteiger partial charge < -0.3 is 9.84 Å². The number of aromatic nitrogens is 2. The molecule has 0 saturated carbocycles. The normalized spacial score (nSPS) is 13.1. The summed E-state index contributed by atoms with van der Waals surface area (Å²) >= 11 is 0. The average molecular weight is 310 g/mol. The van der Waals surface area contributed by atoms with Crippen molar-refractivity contribution in [3.8, 4) is 0 Å². The van der Waals surface area contributed by atoms with Crippen molar-refractivity contribution in [1.29, 1.82) is 0 Å². The van der Waals surface area contributed by atoms with E-state index in [2.05, 4.69) is 20.2 Å². The number of nitrogens with one attached hydrogen (secondary N) is 2. The van der Waals surface area contributed by atoms with Gasteiger partial charge >= 0.3 is 0 Å². The number of nitrogens with zero attached hydrogens (tertiary/aromatic N) is 2. The number of anilines is 1. The van der Waals surface area contributed by atoms with Crippen molar-refractivity contribution < 1.29 is 12.9 Å². The van der Waals surface area contributed by atoms with E-state index in [9.17, 15) is 8.42 Å². The van der Waals surface area contributed by atoms with Crippen LogP contribution in [-0.2, 0) is 10.0 Å². The average Bonchev–Trinajstić information content (AvgIpc) is 2.77. The highest BCUT2D eigenvalue weighted by Gasteiger charge is 2.25. The van der Waals surface area contributed by atoms with Crippen molar-refractivity contribution in [3.05, 3.63) is 35.3 Å². The lowest BCUT2D eigenvalue weighted by Crippen LogP contribution is -2.28. The summed E-state index contributed by atoms with van der Waals surface area (Å²) in [5.74, 6) is 0.595. The van der Waals surface area contributed by atoms with Crippen LogP contribution < -0.4 is 10.0 Å². The van der Waals surface area contributed by atoms with Gasteiger partial charge in [0.15, 0.2) is 5.03 Å². The second-order valence-corrected chi connectivity index (χ2v) is 6.32. The maximum absolute atomic E-state index is 12.5. The molecular formula is C13H18N4O3S. The smallest absolute Gasteiger partial charge is 0.260 e. The van der Waals surface area contributed by atoms with Crippen molar-refractivity contribution in [2.45, 2.75) is 31.8 Å². The third-order valence-electron chi connectivity index (χ3n) is 3.15. The number of hydrogen-bond acceptors (Lipinski definition) is 6. The molecule has 1 unspecified atom stereocenters. The fourth-order valence-corrected chi connectivity index (χ4v) is 3.61. The largest absolute Gasteiger partial charge is 0.386 e. The first-order valence-corrected chi connectivity index (χ1v) is 7.93. The Hall–Kier alpha value is -1.93. The van der Waals surface area contributed by atoms with E-state index in [1.54, 1.807) is 40.0 Å². The minimum atomic E-state index is -3.75. The Kier molecular flexibility index (Phi) is 4.29. The molecule has 2 N–H and O–H groups in total. The lowest BCUT2D eigenvalue weighted by molar-refractivity contribution is 0.391. The standard InChI is InChI=1S/C13H18N4O3S/c1-8-12(10(3)20-16-8)9(2)17-21(18,19)13-11(14-4)6-5-7-15-13/h5-7,9,14,17H,1-4H3. The zero-order valence-corrected chi connectivity index (χ0v) is 13.2. The van der Waals surface area contributed by atoms with Gasteiger partial charge in [-0.2, -0.15) is 0 Å². The van der Waals surface area contributed by atoms with Crippen molar-refractivity contribution in [2.24, 2.45) is 0 Å². The molecule has 0 saturated heterocycles. The predicted octanol–water partition coefficient (Wildman–Crippen LogP) is 1.77. The summed E-state index contributed by atoms with van der Waals surface area (Å²) in [6, 6.07) is 2.86. The van der Waals surface area contributed by atoms with Crippen LogP contribution in [0.5, 0.6) is 0 Å². The van der Waals surface area contributed by atoms with Crippen LogP contribution in [0.3, 0.4) is 0 Å². The molecule has 8 heteroatoms. The second-order valence-electron chi connectivity index (χ2n) is 4.69. The Balaban J connectivity index is 2.34. The molecule has 0 aliphatic rings. The fourth-order valence-electron chi connectivity index (χ4n) is 2.25. The van der Waals surface area contributed by atoms with Crippen LogP contribution in [0.25, 0.3) is 0 Å². The van der Waals surface area contributed by atoms with Gasteiger partial charge in [0.05, 0.1) is 11.4 Å². The first-order valence-electron chi connectivity index (χ1n) is 6.44. The molecule has 0 bridgehead atoms. The molecule has 7 nitrogen and oxygen atoms in total. The summed E-state index contributed by atoms with van der Waals surface area (Å²) in [6.45, 7) is 5.27. The third-order valence-corrected chi connectivity index (χ3v) is 4.65. The van der Waals surface area contributed by atoms with Crippen molar-refractivity contribution in [2.75, 3.05) is 12.4 Å². The van der Waals surface area contributed by atoms with E-state index >= 15 is 0 Å². The Labute approximate surface area is 123 Å². The molecule has 0 aliphatic carbocycles. The van der Waals surface area contributed by atoms with Crippen LogP contribution >= 0.6 is 0 Å². The quantitative estimate of drug-likeness (QED) is 0.873. The summed E-state index contributed by atoms with van der Waals surface area (Å²) in [4.78, 5) is 3.95. The molecule has 0 amide bonds. The van der Waals surface area contributed by atoms with Gasteiger partial charge in [-0.25, -0.2) is 18.1 Å². The van der Waals surface area contributed by atoms with Gasteiger partial charge in [0.25, 0.3) is 10.0 Å². The minimum absolute atomic E-state index is 0.0360. The van der Waals surface area contributed by atoms with E-state index in [0.717, 1.165) is 5.56 Å². The molecule has 0 fully saturated rings. The van der Waals surface area contributed by atoms with Gasteiger partial charge in [0.2, 0.25) is 0 Å². The van der Waals surface area contributed by atoms with E-state index in [4.69, 9.17) is 4.52 Å². The molecule has 2 aromatic rings. The van der Waals surface area contributed by atoms with E-state index in [-0.39, 0.29) is 5.03 Å². The minimum Gasteiger partial charge on any atom is -0.386 e. The summed E-state index contributed by atoms with van der Waals surface area (Å²) in [5.41, 5.74) is 1.84. The van der Waals surface area contributed by atoms with E-state index < -0.39 is 16.1 Å². The maximum Gasteiger partial charge on any atom is 0.260 e. The summed E-state index contributed by atoms with van der Waals surface area (Å²) < 4.78 is 32.6. The first-order chi connectivity index (χ1) is 9.86. The van der Waals surface area contributed by atoms with Crippen LogP contribution in [0.4, 0.5) is 5.69 Å². The maximum atomic E-state index is 12.5. The zero-order valence-electron chi connectivity index (χ0n) is 12.3. The van der Waals surface area contributed by atoms with Gasteiger partial charge in [-0.3, -0.25) is 0 Å². The Bertz CT molecular complexity index is 720. The van der Waals surface area contributed by atoms with Crippen molar-refractivity contribution in [1.82, 2.24) is 14.9 Å². The highest BCUT2D eigenvalue weighted by Crippen LogP contribution is 2.24. The molecular weight excluding hydrogens is 292 g/mol. The van der Waals surface area contributed by atoms with E-state index in [1.165, 1.54) is 6.20 Å². The molecule has 1 atom stereocenters. The van der Waals surface area contributed by atoms with E-state index in [0.29, 0.717) is 17.1 Å². The first kappa shape index (κ1) is 15.5. The molecule has 21 heavy (non-hydrogen) atoms. The summed E-state index contributed by atoms with van der Waals surface area (Å²) in [6.07, 6.45) is 1.44. The number of rotatable bonds is 5. The monoisotopic (exact) mass is 310 g/mol. The van der Waals surface area contributed by atoms with Gasteiger partial charge in [-0.05, 0) is 32.9 Å². The highest BCUT2D eigenvalue weighted by molar-refractivity contribution is 7.89. The number of aryl methyl sites for hydroxylation is 2. The van der Waals surface area contributed by atoms with Crippen LogP contribution in [-0.4, -0.2) is 25.6 Å². The number of sulfonamides is 1. The molecule has 0 aromatic carbocycles. The van der Waals surface area contributed by atoms with Gasteiger partial charge in [0.1, 0.15) is 5.76 Å². The van der Waals surface area contributed by atoms with Gasteiger partial charge in [0, 0.05) is 24.8 Å². The Morgan fingerprint density at radius 3 is 2.62 bits per heavy atom. The molecule has 2 rings (SSSR count). The van der Waals surface area contributed by atoms with Crippen molar-refractivity contribution in [3.63, 3.8) is 0 Å². The van der Waals surface area contributed by atoms with Crippen LogP contribution in [0.2, 0.25) is 0 Å². The predicted molar refractivity (Wildman–Crippen MR) is 78.5 cm³/mol. The molecule has 2 heterocycles. The topological polar surface area (TPSA) is 97.1 Å². The SMILES string of the molecule is CNc1cccnc1S(=O)(=O)NC(C)c1c(C)noc1C. The molecule has 0 aliphatic heterocycles. The Morgan fingerprint density at radius 1 is 1.33 bits per heavy atom. The fraction of sp³-hybridized carbons (Fsp3) is 0.385. The van der Waals surface area contributed by atoms with Gasteiger partial charge in [-0.15, -0.1) is 0 Å². The third kappa shape index (κ3) is 3.06. The molecule has 0 radical (unpaired) electrons. The molecule has 2 aromatic heterocycles. The lowest BCUT2D eigenvalue weighted by Gasteiger charge is -2.15. The van der Waals surface area contributed by atoms with Crippen LogP contribution in [0.1, 0.15) is 30.0 Å². The summed E-state index contributed by atoms with van der Waals surface area (Å²) in [7, 11) is -2.11. The Morgan fingerprint density at radius 2 is 2.05 bits per heavy atom. The van der Waals surface area contributed by atoms with Crippen LogP contribution in [0.15, 0.2) is 27.9 Å². The zero-order chi connectivity index (χ0) is 15.6. The molecule has 114 valence electrons. The molecule has 0 spiro atoms.